The maximum atomic E-state index is 13.6. The molecule has 6 heteroatoms. The number of carbonyl (C=O) groups excluding carboxylic acids is 1. The molecular formula is C32H47N3O3. The van der Waals surface area contributed by atoms with E-state index in [0.717, 1.165) is 42.6 Å². The summed E-state index contributed by atoms with van der Waals surface area (Å²) in [5, 5.41) is 8.32. The zero-order chi connectivity index (χ0) is 27.1. The number of methoxy groups -OCH3 is 1. The average molecular weight is 522 g/mol. The molecule has 6 nitrogen and oxygen atoms in total. The first-order chi connectivity index (χ1) is 18.1. The second kappa shape index (κ2) is 10.8. The van der Waals surface area contributed by atoms with Gasteiger partial charge in [0.05, 0.1) is 11.4 Å². The van der Waals surface area contributed by atoms with Gasteiger partial charge in [-0.25, -0.2) is 4.68 Å². The first-order valence-electron chi connectivity index (χ1n) is 14.8. The van der Waals surface area contributed by atoms with Crippen LogP contribution in [0.5, 0.6) is 0 Å². The third kappa shape index (κ3) is 5.58. The van der Waals surface area contributed by atoms with Crippen molar-refractivity contribution in [2.45, 2.75) is 115 Å². The van der Waals surface area contributed by atoms with Crippen LogP contribution in [0.15, 0.2) is 18.2 Å². The molecule has 0 bridgehead atoms. The fraction of sp³-hybridized carbons (Fsp3) is 0.688. The van der Waals surface area contributed by atoms with Crippen LogP contribution in [0.4, 0.5) is 0 Å². The van der Waals surface area contributed by atoms with E-state index >= 15 is 0 Å². The van der Waals surface area contributed by atoms with Crippen LogP contribution < -0.4 is 5.32 Å². The van der Waals surface area contributed by atoms with E-state index in [-0.39, 0.29) is 28.9 Å². The third-order valence-corrected chi connectivity index (χ3v) is 9.27. The molecule has 1 atom stereocenters. The van der Waals surface area contributed by atoms with Gasteiger partial charge in [0.2, 0.25) is 0 Å². The van der Waals surface area contributed by atoms with Crippen LogP contribution in [0.3, 0.4) is 0 Å². The van der Waals surface area contributed by atoms with E-state index in [1.54, 1.807) is 0 Å². The lowest BCUT2D eigenvalue weighted by atomic mass is 9.82. The molecule has 1 saturated heterocycles. The Balaban J connectivity index is 1.62. The monoisotopic (exact) mass is 521 g/mol. The van der Waals surface area contributed by atoms with Crippen LogP contribution in [0.2, 0.25) is 0 Å². The smallest absolute Gasteiger partial charge is 0.272 e. The molecule has 1 unspecified atom stereocenters. The molecular weight excluding hydrogens is 474 g/mol. The van der Waals surface area contributed by atoms with Gasteiger partial charge < -0.3 is 14.8 Å². The van der Waals surface area contributed by atoms with Gasteiger partial charge >= 0.3 is 0 Å². The number of hydrogen-bond acceptors (Lipinski definition) is 4. The predicted molar refractivity (Wildman–Crippen MR) is 151 cm³/mol. The fourth-order valence-corrected chi connectivity index (χ4v) is 6.31. The minimum absolute atomic E-state index is 0.00561. The number of amides is 1. The highest BCUT2D eigenvalue weighted by molar-refractivity contribution is 5.94. The number of hydrogen-bond donors (Lipinski definition) is 1. The highest BCUT2D eigenvalue weighted by atomic mass is 16.5. The molecule has 3 aliphatic rings. The van der Waals surface area contributed by atoms with Gasteiger partial charge in [-0.15, -0.1) is 0 Å². The molecule has 2 aromatic rings. The molecule has 1 aromatic heterocycles. The van der Waals surface area contributed by atoms with Gasteiger partial charge in [0.15, 0.2) is 5.69 Å². The summed E-state index contributed by atoms with van der Waals surface area (Å²) in [6, 6.07) is 7.11. The zero-order valence-electron chi connectivity index (χ0n) is 24.4. The normalized spacial score (nSPS) is 21.3. The Hall–Kier alpha value is -2.18. The predicted octanol–water partition coefficient (Wildman–Crippen LogP) is 6.71. The summed E-state index contributed by atoms with van der Waals surface area (Å²) in [6.45, 7) is 12.6. The summed E-state index contributed by atoms with van der Waals surface area (Å²) in [7, 11) is 1.82. The summed E-state index contributed by atoms with van der Waals surface area (Å²) in [6.07, 6.45) is 10.1. The molecule has 1 aliphatic heterocycles. The van der Waals surface area contributed by atoms with Crippen LogP contribution in [0.1, 0.15) is 124 Å². The van der Waals surface area contributed by atoms with Crippen molar-refractivity contribution in [2.75, 3.05) is 20.3 Å². The van der Waals surface area contributed by atoms with Crippen molar-refractivity contribution in [1.29, 1.82) is 0 Å². The minimum atomic E-state index is -0.0920. The lowest BCUT2D eigenvalue weighted by Crippen LogP contribution is -2.39. The Labute approximate surface area is 228 Å². The molecule has 1 aromatic carbocycles. The summed E-state index contributed by atoms with van der Waals surface area (Å²) >= 11 is 0. The van der Waals surface area contributed by atoms with Crippen LogP contribution in [0, 0.1) is 12.8 Å². The summed E-state index contributed by atoms with van der Waals surface area (Å²) in [5.41, 5.74) is 6.45. The fourth-order valence-electron chi connectivity index (χ4n) is 6.31. The lowest BCUT2D eigenvalue weighted by Gasteiger charge is -2.30. The SMILES string of the molecule is COC(c1c(C)c(C(=O)NC2CCOCC2)nn1-c1cc(C(C)(C)C)cc(C2(C)CC2)c1)C1CCCCC1. The third-order valence-electron chi connectivity index (χ3n) is 9.27. The van der Waals surface area contributed by atoms with Gasteiger partial charge in [-0.3, -0.25) is 4.79 Å². The first kappa shape index (κ1) is 27.4. The quantitative estimate of drug-likeness (QED) is 0.440. The van der Waals surface area contributed by atoms with Gasteiger partial charge in [-0.05, 0) is 85.5 Å². The highest BCUT2D eigenvalue weighted by Crippen LogP contribution is 2.49. The van der Waals surface area contributed by atoms with Crippen molar-refractivity contribution >= 4 is 5.91 Å². The number of ether oxygens (including phenoxy) is 2. The maximum Gasteiger partial charge on any atom is 0.272 e. The van der Waals surface area contributed by atoms with Crippen molar-refractivity contribution in [2.24, 2.45) is 5.92 Å². The van der Waals surface area contributed by atoms with Crippen LogP contribution in [-0.2, 0) is 20.3 Å². The van der Waals surface area contributed by atoms with Crippen LogP contribution >= 0.6 is 0 Å². The molecule has 3 fully saturated rings. The van der Waals surface area contributed by atoms with Crippen LogP contribution in [0.25, 0.3) is 5.69 Å². The number of aromatic nitrogens is 2. The molecule has 1 amide bonds. The summed E-state index contributed by atoms with van der Waals surface area (Å²) < 4.78 is 13.8. The minimum Gasteiger partial charge on any atom is -0.381 e. The van der Waals surface area contributed by atoms with E-state index in [0.29, 0.717) is 24.8 Å². The molecule has 2 heterocycles. The second-order valence-corrected chi connectivity index (χ2v) is 13.3. The largest absolute Gasteiger partial charge is 0.381 e. The van der Waals surface area contributed by atoms with Gasteiger partial charge in [-0.1, -0.05) is 53.0 Å². The molecule has 2 saturated carbocycles. The average Bonchev–Trinajstić information content (AvgIpc) is 3.57. The first-order valence-corrected chi connectivity index (χ1v) is 14.8. The number of rotatable bonds is 7. The standard InChI is InChI=1S/C32H47N3O3/c1-21-27(30(36)33-25-12-16-38-17-13-25)34-35(28(21)29(37-6)22-10-8-7-9-11-22)26-19-23(31(2,3)4)18-24(20-26)32(5)14-15-32/h18-20,22,25,29H,7-17H2,1-6H3,(H,33,36). The number of nitrogens with one attached hydrogen (secondary N) is 1. The van der Waals surface area contributed by atoms with Crippen molar-refractivity contribution in [3.63, 3.8) is 0 Å². The van der Waals surface area contributed by atoms with Gasteiger partial charge in [0.25, 0.3) is 5.91 Å². The van der Waals surface area contributed by atoms with Crippen molar-refractivity contribution in [3.05, 3.63) is 46.3 Å². The van der Waals surface area contributed by atoms with Gasteiger partial charge in [0.1, 0.15) is 6.10 Å². The number of carbonyl (C=O) groups is 1. The molecule has 38 heavy (non-hydrogen) atoms. The van der Waals surface area contributed by atoms with Crippen molar-refractivity contribution < 1.29 is 14.3 Å². The Morgan fingerprint density at radius 3 is 2.39 bits per heavy atom. The Bertz CT molecular complexity index is 1120. The molecule has 5 rings (SSSR count). The van der Waals surface area contributed by atoms with E-state index < -0.39 is 0 Å². The summed E-state index contributed by atoms with van der Waals surface area (Å²) in [4.78, 5) is 13.6. The van der Waals surface area contributed by atoms with Gasteiger partial charge in [-0.2, -0.15) is 5.10 Å². The van der Waals surface area contributed by atoms with E-state index in [1.807, 2.05) is 7.11 Å². The zero-order valence-corrected chi connectivity index (χ0v) is 24.4. The Kier molecular flexibility index (Phi) is 7.76. The summed E-state index contributed by atoms with van der Waals surface area (Å²) in [5.74, 6) is 0.342. The second-order valence-electron chi connectivity index (χ2n) is 13.3. The van der Waals surface area contributed by atoms with Crippen molar-refractivity contribution in [1.82, 2.24) is 15.1 Å². The highest BCUT2D eigenvalue weighted by Gasteiger charge is 2.40. The van der Waals surface area contributed by atoms with E-state index in [2.05, 4.69) is 62.8 Å². The Morgan fingerprint density at radius 1 is 1.11 bits per heavy atom. The van der Waals surface area contributed by atoms with Crippen molar-refractivity contribution in [3.8, 4) is 5.69 Å². The molecule has 0 radical (unpaired) electrons. The number of nitrogens with zero attached hydrogens (tertiary/aromatic N) is 2. The molecule has 208 valence electrons. The molecule has 2 aliphatic carbocycles. The molecule has 0 spiro atoms. The van der Waals surface area contributed by atoms with E-state index in [1.165, 1.54) is 43.2 Å². The lowest BCUT2D eigenvalue weighted by molar-refractivity contribution is 0.0301. The molecule has 1 N–H and O–H groups in total. The van der Waals surface area contributed by atoms with Gasteiger partial charge in [0, 0.05) is 31.9 Å². The van der Waals surface area contributed by atoms with E-state index in [4.69, 9.17) is 14.6 Å². The van der Waals surface area contributed by atoms with Crippen LogP contribution in [-0.4, -0.2) is 42.1 Å². The maximum absolute atomic E-state index is 13.6. The topological polar surface area (TPSA) is 65.4 Å². The van der Waals surface area contributed by atoms with E-state index in [9.17, 15) is 4.79 Å². The Morgan fingerprint density at radius 2 is 1.79 bits per heavy atom. The number of benzene rings is 1.